The number of aliphatic hydroxyl groups is 1. The topological polar surface area (TPSA) is 49.8 Å². The lowest BCUT2D eigenvalue weighted by atomic mass is 10.0. The monoisotopic (exact) mass is 313 g/mol. The first kappa shape index (κ1) is 16.0. The third kappa shape index (κ3) is 3.54. The number of hydrogen-bond donors (Lipinski definition) is 1. The zero-order valence-electron chi connectivity index (χ0n) is 13.4. The van der Waals surface area contributed by atoms with E-state index in [1.54, 1.807) is 12.0 Å². The van der Waals surface area contributed by atoms with Crippen molar-refractivity contribution in [2.24, 2.45) is 0 Å². The summed E-state index contributed by atoms with van der Waals surface area (Å²) in [4.78, 5) is 14.2. The van der Waals surface area contributed by atoms with Gasteiger partial charge in [-0.3, -0.25) is 4.79 Å². The molecular formula is C19H23NO3. The van der Waals surface area contributed by atoms with Gasteiger partial charge in [0.1, 0.15) is 0 Å². The lowest BCUT2D eigenvalue weighted by Crippen LogP contribution is -2.38. The van der Waals surface area contributed by atoms with Crippen LogP contribution in [0.5, 0.6) is 0 Å². The highest BCUT2D eigenvalue weighted by Crippen LogP contribution is 2.22. The number of nitrogens with zero attached hydrogens (tertiary/aromatic N) is 1. The van der Waals surface area contributed by atoms with Gasteiger partial charge in [-0.1, -0.05) is 42.5 Å². The average molecular weight is 313 g/mol. The Morgan fingerprint density at radius 3 is 2.78 bits per heavy atom. The van der Waals surface area contributed by atoms with Gasteiger partial charge in [0, 0.05) is 20.1 Å². The summed E-state index contributed by atoms with van der Waals surface area (Å²) < 4.78 is 5.33. The molecule has 122 valence electrons. The third-order valence-electron chi connectivity index (χ3n) is 4.68. The smallest absolute Gasteiger partial charge is 0.223 e. The summed E-state index contributed by atoms with van der Waals surface area (Å²) in [5, 5.41) is 11.9. The van der Waals surface area contributed by atoms with Crippen LogP contribution in [-0.2, 0) is 16.0 Å². The number of methoxy groups -OCH3 is 1. The highest BCUT2D eigenvalue weighted by molar-refractivity contribution is 5.83. The van der Waals surface area contributed by atoms with E-state index >= 15 is 0 Å². The molecule has 1 saturated heterocycles. The third-order valence-corrected chi connectivity index (χ3v) is 4.68. The van der Waals surface area contributed by atoms with Gasteiger partial charge >= 0.3 is 0 Å². The van der Waals surface area contributed by atoms with Crippen molar-refractivity contribution in [2.75, 3.05) is 20.3 Å². The molecule has 1 N–H and O–H groups in total. The Balaban J connectivity index is 1.63. The number of benzene rings is 2. The molecule has 23 heavy (non-hydrogen) atoms. The summed E-state index contributed by atoms with van der Waals surface area (Å²) >= 11 is 0. The zero-order chi connectivity index (χ0) is 16.2. The Labute approximate surface area is 136 Å². The largest absolute Gasteiger partial charge is 0.394 e. The van der Waals surface area contributed by atoms with Gasteiger partial charge in [0.2, 0.25) is 5.91 Å². The molecule has 1 aliphatic heterocycles. The van der Waals surface area contributed by atoms with E-state index in [0.717, 1.165) is 6.42 Å². The molecule has 0 bridgehead atoms. The number of likely N-dealkylation sites (tertiary alicyclic amines) is 1. The molecule has 1 fully saturated rings. The highest BCUT2D eigenvalue weighted by Gasteiger charge is 2.34. The molecular weight excluding hydrogens is 290 g/mol. The standard InChI is InChI=1S/C19H23NO3/c1-23-18-11-17(13-21)20(12-18)19(22)9-7-14-6-8-15-4-2-3-5-16(15)10-14/h2-6,8,10,17-18,21H,7,9,11-13H2,1H3/t17-,18+/m0/s1. The SMILES string of the molecule is CO[C@@H]1C[C@@H](CO)N(C(=O)CCc2ccc3ccccc3c2)C1. The van der Waals surface area contributed by atoms with Crippen LogP contribution in [0.4, 0.5) is 0 Å². The van der Waals surface area contributed by atoms with Crippen molar-refractivity contribution in [1.82, 2.24) is 4.90 Å². The molecule has 2 aromatic carbocycles. The molecule has 2 atom stereocenters. The first-order valence-corrected chi connectivity index (χ1v) is 8.12. The number of carbonyl (C=O) groups is 1. The van der Waals surface area contributed by atoms with Gasteiger partial charge in [-0.25, -0.2) is 0 Å². The lowest BCUT2D eigenvalue weighted by molar-refractivity contribution is -0.133. The van der Waals surface area contributed by atoms with Gasteiger partial charge in [0.05, 0.1) is 18.8 Å². The van der Waals surface area contributed by atoms with Crippen LogP contribution < -0.4 is 0 Å². The number of aliphatic hydroxyl groups excluding tert-OH is 1. The Hall–Kier alpha value is -1.91. The maximum absolute atomic E-state index is 12.5. The number of aryl methyl sites for hydroxylation is 1. The Bertz CT molecular complexity index is 685. The molecule has 1 aliphatic rings. The zero-order valence-corrected chi connectivity index (χ0v) is 13.4. The van der Waals surface area contributed by atoms with E-state index in [0.29, 0.717) is 19.4 Å². The Morgan fingerprint density at radius 2 is 2.04 bits per heavy atom. The van der Waals surface area contributed by atoms with Crippen LogP contribution in [0.1, 0.15) is 18.4 Å². The van der Waals surface area contributed by atoms with Crippen LogP contribution in [0.25, 0.3) is 10.8 Å². The highest BCUT2D eigenvalue weighted by atomic mass is 16.5. The molecule has 1 amide bonds. The van der Waals surface area contributed by atoms with E-state index < -0.39 is 0 Å². The van der Waals surface area contributed by atoms with Gasteiger partial charge in [-0.05, 0) is 29.2 Å². The molecule has 4 nitrogen and oxygen atoms in total. The summed E-state index contributed by atoms with van der Waals surface area (Å²) in [7, 11) is 1.65. The minimum Gasteiger partial charge on any atom is -0.394 e. The summed E-state index contributed by atoms with van der Waals surface area (Å²) in [6.07, 6.45) is 1.94. The van der Waals surface area contributed by atoms with Gasteiger partial charge in [-0.15, -0.1) is 0 Å². The van der Waals surface area contributed by atoms with Gasteiger partial charge < -0.3 is 14.7 Å². The van der Waals surface area contributed by atoms with E-state index in [2.05, 4.69) is 30.3 Å². The van der Waals surface area contributed by atoms with Crippen molar-refractivity contribution < 1.29 is 14.6 Å². The van der Waals surface area contributed by atoms with Crippen molar-refractivity contribution in [3.63, 3.8) is 0 Å². The summed E-state index contributed by atoms with van der Waals surface area (Å²) in [5.41, 5.74) is 1.17. The molecule has 1 heterocycles. The summed E-state index contributed by atoms with van der Waals surface area (Å²) in [5.74, 6) is 0.0942. The van der Waals surface area contributed by atoms with Gasteiger partial charge in [0.25, 0.3) is 0 Å². The number of rotatable bonds is 5. The van der Waals surface area contributed by atoms with Gasteiger partial charge in [0.15, 0.2) is 0 Å². The number of ether oxygens (including phenoxy) is 1. The van der Waals surface area contributed by atoms with E-state index in [9.17, 15) is 9.90 Å². The summed E-state index contributed by atoms with van der Waals surface area (Å²) in [6, 6.07) is 14.5. The number of carbonyl (C=O) groups excluding carboxylic acids is 1. The van der Waals surface area contributed by atoms with Crippen molar-refractivity contribution >= 4 is 16.7 Å². The van der Waals surface area contributed by atoms with Crippen molar-refractivity contribution in [2.45, 2.75) is 31.4 Å². The second-order valence-corrected chi connectivity index (χ2v) is 6.16. The average Bonchev–Trinajstić information content (AvgIpc) is 3.03. The Morgan fingerprint density at radius 1 is 1.26 bits per heavy atom. The molecule has 0 saturated carbocycles. The molecule has 0 radical (unpaired) electrons. The minimum absolute atomic E-state index is 0.00156. The summed E-state index contributed by atoms with van der Waals surface area (Å²) in [6.45, 7) is 0.583. The normalized spacial score (nSPS) is 21.0. The first-order chi connectivity index (χ1) is 11.2. The Kier molecular flexibility index (Phi) is 4.94. The number of fused-ring (bicyclic) bond motifs is 1. The fourth-order valence-corrected chi connectivity index (χ4v) is 3.31. The van der Waals surface area contributed by atoms with E-state index in [-0.39, 0.29) is 24.7 Å². The van der Waals surface area contributed by atoms with Crippen LogP contribution >= 0.6 is 0 Å². The lowest BCUT2D eigenvalue weighted by Gasteiger charge is -2.22. The van der Waals surface area contributed by atoms with Crippen LogP contribution in [0.15, 0.2) is 42.5 Å². The maximum Gasteiger partial charge on any atom is 0.223 e. The molecule has 0 unspecified atom stereocenters. The fraction of sp³-hybridized carbons (Fsp3) is 0.421. The van der Waals surface area contributed by atoms with Crippen LogP contribution in [-0.4, -0.2) is 48.3 Å². The fourth-order valence-electron chi connectivity index (χ4n) is 3.31. The second-order valence-electron chi connectivity index (χ2n) is 6.16. The van der Waals surface area contributed by atoms with Gasteiger partial charge in [-0.2, -0.15) is 0 Å². The van der Waals surface area contributed by atoms with Crippen molar-refractivity contribution in [1.29, 1.82) is 0 Å². The van der Waals surface area contributed by atoms with Crippen LogP contribution in [0, 0.1) is 0 Å². The predicted octanol–water partition coefficient (Wildman–Crippen LogP) is 2.38. The second kappa shape index (κ2) is 7.11. The molecule has 0 aromatic heterocycles. The van der Waals surface area contributed by atoms with E-state index in [1.165, 1.54) is 16.3 Å². The van der Waals surface area contributed by atoms with Crippen molar-refractivity contribution in [3.8, 4) is 0 Å². The molecule has 2 aromatic rings. The number of amides is 1. The maximum atomic E-state index is 12.5. The first-order valence-electron chi connectivity index (χ1n) is 8.12. The molecule has 4 heteroatoms. The van der Waals surface area contributed by atoms with Crippen molar-refractivity contribution in [3.05, 3.63) is 48.0 Å². The van der Waals surface area contributed by atoms with Crippen LogP contribution in [0.2, 0.25) is 0 Å². The van der Waals surface area contributed by atoms with E-state index in [1.807, 2.05) is 12.1 Å². The molecule has 0 aliphatic carbocycles. The number of hydrogen-bond acceptors (Lipinski definition) is 3. The molecule has 0 spiro atoms. The van der Waals surface area contributed by atoms with Crippen LogP contribution in [0.3, 0.4) is 0 Å². The predicted molar refractivity (Wildman–Crippen MR) is 90.3 cm³/mol. The minimum atomic E-state index is -0.107. The molecule has 3 rings (SSSR count). The van der Waals surface area contributed by atoms with E-state index in [4.69, 9.17) is 4.74 Å². The quantitative estimate of drug-likeness (QED) is 0.922.